The number of nitrogens with zero attached hydrogens (tertiary/aromatic N) is 2. The molecular weight excluding hydrogens is 226 g/mol. The molecule has 3 heterocycles. The van der Waals surface area contributed by atoms with Crippen molar-refractivity contribution in [1.82, 2.24) is 10.1 Å². The molecule has 0 aromatic carbocycles. The van der Waals surface area contributed by atoms with Gasteiger partial charge < -0.3 is 10.3 Å². The maximum Gasteiger partial charge on any atom is 0.138 e. The molecular formula is C14H23N3O. The fourth-order valence-corrected chi connectivity index (χ4v) is 3.69. The van der Waals surface area contributed by atoms with Gasteiger partial charge >= 0.3 is 0 Å². The van der Waals surface area contributed by atoms with E-state index < -0.39 is 0 Å². The van der Waals surface area contributed by atoms with Crippen molar-refractivity contribution in [3.05, 3.63) is 17.0 Å². The number of hydrogen-bond donors (Lipinski definition) is 1. The lowest BCUT2D eigenvalue weighted by Crippen LogP contribution is -2.54. The molecule has 2 aliphatic heterocycles. The Morgan fingerprint density at radius 3 is 2.50 bits per heavy atom. The monoisotopic (exact) mass is 249 g/mol. The maximum atomic E-state index is 6.16. The van der Waals surface area contributed by atoms with E-state index in [1.54, 1.807) is 0 Å². The molecule has 1 aromatic rings. The van der Waals surface area contributed by atoms with Gasteiger partial charge in [-0.2, -0.15) is 0 Å². The van der Waals surface area contributed by atoms with Crippen LogP contribution in [0.15, 0.2) is 4.52 Å². The van der Waals surface area contributed by atoms with Crippen LogP contribution in [0.3, 0.4) is 0 Å². The van der Waals surface area contributed by atoms with Gasteiger partial charge in [0.2, 0.25) is 0 Å². The fraction of sp³-hybridized carbons (Fsp3) is 0.786. The summed E-state index contributed by atoms with van der Waals surface area (Å²) in [6.07, 6.45) is 6.26. The minimum atomic E-state index is 0.404. The van der Waals surface area contributed by atoms with E-state index in [0.29, 0.717) is 18.1 Å². The van der Waals surface area contributed by atoms with Crippen molar-refractivity contribution in [1.29, 1.82) is 0 Å². The van der Waals surface area contributed by atoms with E-state index in [1.807, 2.05) is 13.8 Å². The van der Waals surface area contributed by atoms with Crippen LogP contribution >= 0.6 is 0 Å². The largest absolute Gasteiger partial charge is 0.361 e. The van der Waals surface area contributed by atoms with Gasteiger partial charge in [-0.25, -0.2) is 0 Å². The Labute approximate surface area is 108 Å². The van der Waals surface area contributed by atoms with E-state index in [9.17, 15) is 0 Å². The second-order valence-electron chi connectivity index (χ2n) is 5.95. The summed E-state index contributed by atoms with van der Waals surface area (Å²) >= 11 is 0. The van der Waals surface area contributed by atoms with Crippen molar-refractivity contribution in [2.45, 2.75) is 70.6 Å². The predicted molar refractivity (Wildman–Crippen MR) is 70.2 cm³/mol. The molecule has 4 heteroatoms. The Kier molecular flexibility index (Phi) is 3.16. The Bertz CT molecular complexity index is 395. The second-order valence-corrected chi connectivity index (χ2v) is 5.95. The summed E-state index contributed by atoms with van der Waals surface area (Å²) in [6.45, 7) is 5.04. The number of rotatable bonds is 2. The molecule has 2 saturated heterocycles. The van der Waals surface area contributed by atoms with Crippen LogP contribution in [0, 0.1) is 13.8 Å². The first kappa shape index (κ1) is 12.2. The number of nitrogens with two attached hydrogens (primary N) is 1. The Morgan fingerprint density at radius 1 is 1.28 bits per heavy atom. The number of hydrogen-bond acceptors (Lipinski definition) is 4. The van der Waals surface area contributed by atoms with Crippen molar-refractivity contribution in [2.75, 3.05) is 0 Å². The average molecular weight is 249 g/mol. The van der Waals surface area contributed by atoms with Gasteiger partial charge in [0.25, 0.3) is 0 Å². The second kappa shape index (κ2) is 4.67. The number of fused-ring (bicyclic) bond motifs is 2. The minimum Gasteiger partial charge on any atom is -0.361 e. The molecule has 2 atom stereocenters. The quantitative estimate of drug-likeness (QED) is 0.872. The summed E-state index contributed by atoms with van der Waals surface area (Å²) < 4.78 is 5.28. The summed E-state index contributed by atoms with van der Waals surface area (Å²) in [7, 11) is 0. The van der Waals surface area contributed by atoms with Crippen LogP contribution in [0.4, 0.5) is 0 Å². The van der Waals surface area contributed by atoms with Crippen LogP contribution in [0.1, 0.15) is 49.1 Å². The smallest absolute Gasteiger partial charge is 0.138 e. The standard InChI is InChI=1S/C14H23N3O/c1-9-14(10(2)18-16-9)8-17-12-4-3-5-13(17)7-11(15)6-12/h11-13H,3-8,15H2,1-2H3. The topological polar surface area (TPSA) is 55.3 Å². The van der Waals surface area contributed by atoms with E-state index >= 15 is 0 Å². The summed E-state index contributed by atoms with van der Waals surface area (Å²) in [5.41, 5.74) is 8.48. The SMILES string of the molecule is Cc1noc(C)c1CN1C2CCCC1CC(N)C2. The van der Waals surface area contributed by atoms with Crippen LogP contribution in [0.25, 0.3) is 0 Å². The highest BCUT2D eigenvalue weighted by atomic mass is 16.5. The number of aryl methyl sites for hydroxylation is 2. The molecule has 2 N–H and O–H groups in total. The van der Waals surface area contributed by atoms with Gasteiger partial charge in [-0.3, -0.25) is 4.90 Å². The van der Waals surface area contributed by atoms with Crippen molar-refractivity contribution in [2.24, 2.45) is 5.73 Å². The summed E-state index contributed by atoms with van der Waals surface area (Å²) in [5, 5.41) is 4.06. The first-order valence-electron chi connectivity index (χ1n) is 7.08. The lowest BCUT2D eigenvalue weighted by molar-refractivity contribution is 0.0240. The van der Waals surface area contributed by atoms with Gasteiger partial charge in [-0.05, 0) is 39.5 Å². The zero-order chi connectivity index (χ0) is 12.7. The highest BCUT2D eigenvalue weighted by Gasteiger charge is 2.37. The molecule has 2 bridgehead atoms. The van der Waals surface area contributed by atoms with Crippen LogP contribution in [0.2, 0.25) is 0 Å². The van der Waals surface area contributed by atoms with E-state index in [4.69, 9.17) is 10.3 Å². The summed E-state index contributed by atoms with van der Waals surface area (Å²) in [4.78, 5) is 2.65. The summed E-state index contributed by atoms with van der Waals surface area (Å²) in [5.74, 6) is 0.973. The van der Waals surface area contributed by atoms with E-state index in [0.717, 1.165) is 30.8 Å². The van der Waals surface area contributed by atoms with Crippen LogP contribution in [-0.4, -0.2) is 28.2 Å². The van der Waals surface area contributed by atoms with Gasteiger partial charge in [0.05, 0.1) is 5.69 Å². The first-order chi connectivity index (χ1) is 8.65. The molecule has 3 rings (SSSR count). The molecule has 2 fully saturated rings. The van der Waals surface area contributed by atoms with Gasteiger partial charge in [0.15, 0.2) is 0 Å². The molecule has 1 aromatic heterocycles. The van der Waals surface area contributed by atoms with Crippen molar-refractivity contribution < 1.29 is 4.52 Å². The predicted octanol–water partition coefficient (Wildman–Crippen LogP) is 2.14. The number of piperidine rings is 2. The molecule has 0 radical (unpaired) electrons. The normalized spacial score (nSPS) is 32.7. The molecule has 4 nitrogen and oxygen atoms in total. The van der Waals surface area contributed by atoms with Crippen LogP contribution < -0.4 is 5.73 Å². The lowest BCUT2D eigenvalue weighted by Gasteiger charge is -2.48. The fourth-order valence-electron chi connectivity index (χ4n) is 3.69. The Hall–Kier alpha value is -0.870. The molecule has 2 unspecified atom stereocenters. The molecule has 0 aliphatic carbocycles. The molecule has 18 heavy (non-hydrogen) atoms. The zero-order valence-electron chi connectivity index (χ0n) is 11.4. The van der Waals surface area contributed by atoms with Crippen molar-refractivity contribution in [3.8, 4) is 0 Å². The highest BCUT2D eigenvalue weighted by molar-refractivity contribution is 5.21. The Morgan fingerprint density at radius 2 is 1.94 bits per heavy atom. The molecule has 2 aliphatic rings. The van der Waals surface area contributed by atoms with E-state index in [-0.39, 0.29) is 0 Å². The zero-order valence-corrected chi connectivity index (χ0v) is 11.4. The summed E-state index contributed by atoms with van der Waals surface area (Å²) in [6, 6.07) is 1.74. The number of aromatic nitrogens is 1. The van der Waals surface area contributed by atoms with Crippen LogP contribution in [0.5, 0.6) is 0 Å². The molecule has 100 valence electrons. The van der Waals surface area contributed by atoms with Gasteiger partial charge in [0.1, 0.15) is 5.76 Å². The van der Waals surface area contributed by atoms with E-state index in [1.165, 1.54) is 24.8 Å². The van der Waals surface area contributed by atoms with Crippen molar-refractivity contribution >= 4 is 0 Å². The first-order valence-corrected chi connectivity index (χ1v) is 7.08. The lowest BCUT2D eigenvalue weighted by atomic mass is 9.82. The molecule has 0 saturated carbocycles. The third-order valence-corrected chi connectivity index (χ3v) is 4.68. The van der Waals surface area contributed by atoms with Gasteiger partial charge in [-0.1, -0.05) is 11.6 Å². The van der Waals surface area contributed by atoms with Gasteiger partial charge in [-0.15, -0.1) is 0 Å². The third kappa shape index (κ3) is 2.08. The van der Waals surface area contributed by atoms with Crippen molar-refractivity contribution in [3.63, 3.8) is 0 Å². The molecule has 0 amide bonds. The molecule has 0 spiro atoms. The minimum absolute atomic E-state index is 0.404. The Balaban J connectivity index is 1.80. The van der Waals surface area contributed by atoms with Crippen LogP contribution in [-0.2, 0) is 6.54 Å². The highest BCUT2D eigenvalue weighted by Crippen LogP contribution is 2.35. The third-order valence-electron chi connectivity index (χ3n) is 4.68. The van der Waals surface area contributed by atoms with Gasteiger partial charge in [0, 0.05) is 30.2 Å². The maximum absolute atomic E-state index is 6.16. The average Bonchev–Trinajstić information content (AvgIpc) is 2.62. The van der Waals surface area contributed by atoms with E-state index in [2.05, 4.69) is 10.1 Å².